The summed E-state index contributed by atoms with van der Waals surface area (Å²) in [6, 6.07) is 34.0. The third-order valence-corrected chi connectivity index (χ3v) is 12.8. The van der Waals surface area contributed by atoms with Gasteiger partial charge in [0, 0.05) is 12.1 Å². The highest BCUT2D eigenvalue weighted by atomic mass is 16.6. The predicted molar refractivity (Wildman–Crippen MR) is 247 cm³/mol. The molecule has 14 nitrogen and oxygen atoms in total. The van der Waals surface area contributed by atoms with Crippen LogP contribution in [0.3, 0.4) is 0 Å². The van der Waals surface area contributed by atoms with Crippen molar-refractivity contribution in [2.45, 2.75) is 56.1 Å². The van der Waals surface area contributed by atoms with Gasteiger partial charge in [0.15, 0.2) is 0 Å². The molecule has 2 fully saturated rings. The third-order valence-electron chi connectivity index (χ3n) is 12.8. The molecular formula is C53H52N4O10. The van der Waals surface area contributed by atoms with Crippen molar-refractivity contribution in [2.75, 3.05) is 38.8 Å². The number of methoxy groups -OCH3 is 1. The van der Waals surface area contributed by atoms with Crippen LogP contribution in [0.5, 0.6) is 5.75 Å². The molecule has 67 heavy (non-hydrogen) atoms. The van der Waals surface area contributed by atoms with Crippen LogP contribution >= 0.6 is 0 Å². The second-order valence-corrected chi connectivity index (χ2v) is 17.3. The molecule has 3 aliphatic heterocycles. The molecule has 0 radical (unpaired) electrons. The van der Waals surface area contributed by atoms with Crippen LogP contribution in [-0.2, 0) is 40.6 Å². The van der Waals surface area contributed by atoms with Gasteiger partial charge in [-0.15, -0.1) is 0 Å². The number of carbonyl (C=O) groups excluding carboxylic acids is 4. The van der Waals surface area contributed by atoms with Crippen molar-refractivity contribution < 1.29 is 48.4 Å². The number of urea groups is 1. The van der Waals surface area contributed by atoms with E-state index < -0.39 is 77.4 Å². The number of amides is 3. The molecule has 14 heteroatoms. The minimum Gasteiger partial charge on any atom is -0.491 e. The second kappa shape index (κ2) is 19.7. The number of nitrogens with one attached hydrogen (secondary N) is 1. The largest absolute Gasteiger partial charge is 0.491 e. The lowest BCUT2D eigenvalue weighted by atomic mass is 9.65. The molecular weight excluding hydrogens is 853 g/mol. The van der Waals surface area contributed by atoms with Gasteiger partial charge in [0.2, 0.25) is 5.91 Å². The van der Waals surface area contributed by atoms with E-state index in [9.17, 15) is 29.4 Å². The zero-order valence-corrected chi connectivity index (χ0v) is 37.6. The maximum absolute atomic E-state index is 16.2. The molecule has 344 valence electrons. The van der Waals surface area contributed by atoms with Crippen LogP contribution in [0, 0.1) is 23.7 Å². The predicted octanol–water partition coefficient (Wildman–Crippen LogP) is 6.20. The molecule has 0 saturated carbocycles. The number of anilines is 1. The van der Waals surface area contributed by atoms with Crippen molar-refractivity contribution >= 4 is 35.5 Å². The monoisotopic (exact) mass is 904 g/mol. The Kier molecular flexibility index (Phi) is 13.6. The normalized spacial score (nSPS) is 22.4. The fraction of sp³-hybridized carbons (Fsp3) is 0.302. The molecule has 0 aliphatic carbocycles. The van der Waals surface area contributed by atoms with E-state index in [0.29, 0.717) is 41.1 Å². The number of ether oxygens (including phenoxy) is 3. The number of aliphatic carboxylic acids is 1. The van der Waals surface area contributed by atoms with Crippen molar-refractivity contribution in [3.8, 4) is 17.6 Å². The summed E-state index contributed by atoms with van der Waals surface area (Å²) in [6.45, 7) is 4.19. The van der Waals surface area contributed by atoms with E-state index in [4.69, 9.17) is 14.2 Å². The molecule has 0 aromatic heterocycles. The quantitative estimate of drug-likeness (QED) is 0.0904. The zero-order valence-electron chi connectivity index (χ0n) is 37.6. The molecule has 2 saturated heterocycles. The minimum absolute atomic E-state index is 0.00736. The molecule has 5 aromatic carbocycles. The Bertz CT molecular complexity index is 2690. The van der Waals surface area contributed by atoms with E-state index in [1.54, 1.807) is 61.2 Å². The van der Waals surface area contributed by atoms with Crippen LogP contribution in [-0.4, -0.2) is 95.9 Å². The number of aliphatic hydroxyl groups excluding tert-OH is 1. The van der Waals surface area contributed by atoms with Crippen LogP contribution in [0.15, 0.2) is 133 Å². The van der Waals surface area contributed by atoms with Crippen molar-refractivity contribution in [2.24, 2.45) is 11.8 Å². The number of hydrogen-bond acceptors (Lipinski definition) is 11. The number of carboxylic acids is 1. The Balaban J connectivity index is 1.37. The van der Waals surface area contributed by atoms with Gasteiger partial charge >= 0.3 is 23.9 Å². The fourth-order valence-electron chi connectivity index (χ4n) is 9.92. The highest BCUT2D eigenvalue weighted by Gasteiger charge is 2.76. The number of aliphatic hydroxyl groups is 1. The van der Waals surface area contributed by atoms with Gasteiger partial charge in [-0.3, -0.25) is 24.2 Å². The number of carboxylic acid groups (broad SMARTS) is 1. The smallest absolute Gasteiger partial charge is 0.329 e. The number of fused-ring (bicyclic) bond motifs is 3. The van der Waals surface area contributed by atoms with Gasteiger partial charge in [0.05, 0.1) is 38.0 Å². The van der Waals surface area contributed by atoms with Gasteiger partial charge in [-0.05, 0) is 71.1 Å². The Morgan fingerprint density at radius 3 is 2.10 bits per heavy atom. The third kappa shape index (κ3) is 8.65. The summed E-state index contributed by atoms with van der Waals surface area (Å²) < 4.78 is 17.1. The maximum Gasteiger partial charge on any atom is 0.329 e. The fourth-order valence-corrected chi connectivity index (χ4v) is 9.92. The Morgan fingerprint density at radius 1 is 0.851 bits per heavy atom. The molecule has 8 rings (SSSR count). The number of benzene rings is 5. The first-order chi connectivity index (χ1) is 32.4. The maximum atomic E-state index is 16.2. The standard InChI is InChI=1S/C53H52N4O10/c1-33(2)43(49(61)65-4)54-52(64)56-41-27-22-34(17-14-28-55(3)32-35-15-8-5-9-16-35)31-40(41)53(51(56)63)42(48(59)60)45-50(62)67-46(37-20-12-7-13-21-37)44(36-18-10-6-11-19-36)57(45)47(53)38-23-25-39(26-24-38)66-30-29-58/h5-13,15-16,18-27,31,33,42-47,58H,28-30,32H2,1-4H3,(H,54,64)(H,59,60)/t42-,43-,44-,45-,46+,47+,53-/m0/s1. The van der Waals surface area contributed by atoms with E-state index in [0.717, 1.165) is 10.5 Å². The lowest BCUT2D eigenvalue weighted by molar-refractivity contribution is -0.179. The summed E-state index contributed by atoms with van der Waals surface area (Å²) in [5.74, 6) is 0.510. The van der Waals surface area contributed by atoms with Crippen LogP contribution < -0.4 is 15.0 Å². The highest BCUT2D eigenvalue weighted by molar-refractivity contribution is 6.24. The summed E-state index contributed by atoms with van der Waals surface area (Å²) in [4.78, 5) is 78.1. The molecule has 3 heterocycles. The van der Waals surface area contributed by atoms with Crippen LogP contribution in [0.4, 0.5) is 10.5 Å². The molecule has 3 N–H and O–H groups in total. The van der Waals surface area contributed by atoms with E-state index in [1.165, 1.54) is 7.11 Å². The number of esters is 2. The number of rotatable bonds is 13. The van der Waals surface area contributed by atoms with Crippen molar-refractivity contribution in [1.29, 1.82) is 0 Å². The van der Waals surface area contributed by atoms with Crippen LogP contribution in [0.1, 0.15) is 65.4 Å². The molecule has 0 bridgehead atoms. The van der Waals surface area contributed by atoms with Gasteiger partial charge in [0.25, 0.3) is 0 Å². The number of cyclic esters (lactones) is 1. The first-order valence-electron chi connectivity index (χ1n) is 22.1. The molecule has 3 aliphatic rings. The zero-order chi connectivity index (χ0) is 47.4. The number of imide groups is 1. The van der Waals surface area contributed by atoms with E-state index in [-0.39, 0.29) is 24.5 Å². The van der Waals surface area contributed by atoms with Gasteiger partial charge in [-0.1, -0.05) is 129 Å². The van der Waals surface area contributed by atoms with Crippen LogP contribution in [0.2, 0.25) is 0 Å². The van der Waals surface area contributed by atoms with Crippen LogP contribution in [0.25, 0.3) is 0 Å². The summed E-state index contributed by atoms with van der Waals surface area (Å²) in [5.41, 5.74) is 1.29. The van der Waals surface area contributed by atoms with E-state index in [1.807, 2.05) is 103 Å². The highest BCUT2D eigenvalue weighted by Crippen LogP contribution is 2.66. The van der Waals surface area contributed by atoms with Gasteiger partial charge in [0.1, 0.15) is 41.9 Å². The summed E-state index contributed by atoms with van der Waals surface area (Å²) in [7, 11) is 3.13. The molecule has 1 spiro atoms. The summed E-state index contributed by atoms with van der Waals surface area (Å²) in [6.07, 6.45) is -0.973. The van der Waals surface area contributed by atoms with Crippen molar-refractivity contribution in [1.82, 2.24) is 15.1 Å². The van der Waals surface area contributed by atoms with Crippen molar-refractivity contribution in [3.63, 3.8) is 0 Å². The number of nitrogens with zero attached hydrogens (tertiary/aromatic N) is 3. The first-order valence-corrected chi connectivity index (χ1v) is 22.1. The average molecular weight is 905 g/mol. The van der Waals surface area contributed by atoms with E-state index in [2.05, 4.69) is 17.2 Å². The van der Waals surface area contributed by atoms with Gasteiger partial charge in [-0.2, -0.15) is 0 Å². The second-order valence-electron chi connectivity index (χ2n) is 17.3. The lowest BCUT2D eigenvalue weighted by Crippen LogP contribution is -2.56. The molecule has 7 atom stereocenters. The lowest BCUT2D eigenvalue weighted by Gasteiger charge is -2.46. The first kappa shape index (κ1) is 46.2. The Hall–Kier alpha value is -7.31. The Morgan fingerprint density at radius 2 is 1.49 bits per heavy atom. The number of carbonyl (C=O) groups is 5. The molecule has 0 unspecified atom stereocenters. The summed E-state index contributed by atoms with van der Waals surface area (Å²) >= 11 is 0. The number of hydrogen-bond donors (Lipinski definition) is 3. The molecule has 5 aromatic rings. The molecule has 3 amide bonds. The summed E-state index contributed by atoms with van der Waals surface area (Å²) in [5, 5.41) is 23.9. The van der Waals surface area contributed by atoms with E-state index >= 15 is 4.79 Å². The number of morpholine rings is 1. The SMILES string of the molecule is COC(=O)[C@@H](NC(=O)N1C(=O)[C@@]2(c3cc(C#CCN(C)Cc4ccccc4)ccc31)[C@H](C(=O)O)[C@H]1C(=O)O[C@H](c3ccccc3)[C@H](c3ccccc3)N1[C@@H]2c1ccc(OCCO)cc1)C(C)C. The van der Waals surface area contributed by atoms with Gasteiger partial charge < -0.3 is 29.7 Å². The topological polar surface area (TPSA) is 175 Å². The average Bonchev–Trinajstić information content (AvgIpc) is 3.79. The Labute approximate surface area is 389 Å². The van der Waals surface area contributed by atoms with Crippen molar-refractivity contribution in [3.05, 3.63) is 167 Å². The van der Waals surface area contributed by atoms with Gasteiger partial charge in [-0.25, -0.2) is 14.5 Å². The minimum atomic E-state index is -2.21.